The Morgan fingerprint density at radius 2 is 1.62 bits per heavy atom. The summed E-state index contributed by atoms with van der Waals surface area (Å²) in [6, 6.07) is 16.4. The van der Waals surface area contributed by atoms with Crippen LogP contribution < -0.4 is 10.6 Å². The molecule has 0 aromatic heterocycles. The van der Waals surface area contributed by atoms with Gasteiger partial charge < -0.3 is 20.5 Å². The maximum absolute atomic E-state index is 12.6. The van der Waals surface area contributed by atoms with Gasteiger partial charge in [0.1, 0.15) is 6.61 Å². The monoisotopic (exact) mass is 462 g/mol. The molecule has 2 aromatic carbocycles. The van der Waals surface area contributed by atoms with E-state index >= 15 is 0 Å². The van der Waals surface area contributed by atoms with Crippen LogP contribution in [-0.4, -0.2) is 42.3 Å². The Kier molecular flexibility index (Phi) is 6.26. The fourth-order valence-electron chi connectivity index (χ4n) is 5.59. The van der Waals surface area contributed by atoms with E-state index in [1.807, 2.05) is 24.3 Å². The number of carbonyl (C=O) groups is 3. The summed E-state index contributed by atoms with van der Waals surface area (Å²) in [6.45, 7) is 0.677. The van der Waals surface area contributed by atoms with Gasteiger partial charge in [-0.2, -0.15) is 0 Å². The lowest BCUT2D eigenvalue weighted by Crippen LogP contribution is -2.40. The van der Waals surface area contributed by atoms with Gasteiger partial charge in [0.25, 0.3) is 0 Å². The van der Waals surface area contributed by atoms with Crippen molar-refractivity contribution in [1.29, 1.82) is 0 Å². The molecule has 0 radical (unpaired) electrons. The van der Waals surface area contributed by atoms with Gasteiger partial charge in [-0.25, -0.2) is 4.79 Å². The molecule has 0 heterocycles. The molecule has 2 amide bonds. The Morgan fingerprint density at radius 1 is 0.941 bits per heavy atom. The number of nitrogens with one attached hydrogen (secondary N) is 2. The zero-order valence-electron chi connectivity index (χ0n) is 19.0. The topological polar surface area (TPSA) is 105 Å². The van der Waals surface area contributed by atoms with Crippen molar-refractivity contribution in [3.05, 3.63) is 59.7 Å². The molecule has 2 aromatic rings. The van der Waals surface area contributed by atoms with E-state index in [-0.39, 0.29) is 42.2 Å². The molecule has 7 nitrogen and oxygen atoms in total. The van der Waals surface area contributed by atoms with Crippen molar-refractivity contribution in [2.75, 3.05) is 13.2 Å². The zero-order chi connectivity index (χ0) is 23.7. The molecule has 2 saturated carbocycles. The number of benzene rings is 2. The summed E-state index contributed by atoms with van der Waals surface area (Å²) in [5.74, 6) is -1.07. The Labute approximate surface area is 198 Å². The largest absolute Gasteiger partial charge is 0.481 e. The number of amides is 2. The van der Waals surface area contributed by atoms with Gasteiger partial charge >= 0.3 is 12.1 Å². The van der Waals surface area contributed by atoms with Crippen LogP contribution >= 0.6 is 0 Å². The first-order chi connectivity index (χ1) is 16.5. The highest BCUT2D eigenvalue weighted by molar-refractivity contribution is 5.79. The fourth-order valence-corrected chi connectivity index (χ4v) is 5.59. The lowest BCUT2D eigenvalue weighted by molar-refractivity contribution is -0.139. The Hall–Kier alpha value is -3.35. The minimum atomic E-state index is -0.789. The predicted molar refractivity (Wildman–Crippen MR) is 126 cm³/mol. The lowest BCUT2D eigenvalue weighted by atomic mass is 9.98. The first-order valence-corrected chi connectivity index (χ1v) is 12.1. The van der Waals surface area contributed by atoms with Crippen molar-refractivity contribution in [3.8, 4) is 11.1 Å². The molecule has 0 bridgehead atoms. The summed E-state index contributed by atoms with van der Waals surface area (Å²) in [5, 5.41) is 14.8. The highest BCUT2D eigenvalue weighted by Crippen LogP contribution is 2.44. The SMILES string of the molecule is O=C(CC1CCCC1NC(=O)OCC1c2ccccc2-c2ccccc21)NC[C@@H]1C[C@@H]1C(=O)O. The van der Waals surface area contributed by atoms with Gasteiger partial charge in [0.2, 0.25) is 5.91 Å². The molecule has 2 unspecified atom stereocenters. The van der Waals surface area contributed by atoms with Gasteiger partial charge in [0.15, 0.2) is 0 Å². The summed E-state index contributed by atoms with van der Waals surface area (Å²) in [4.78, 5) is 35.9. The highest BCUT2D eigenvalue weighted by atomic mass is 16.5. The molecule has 2 fully saturated rings. The number of hydrogen-bond acceptors (Lipinski definition) is 4. The molecule has 0 aliphatic heterocycles. The molecular weight excluding hydrogens is 432 g/mol. The van der Waals surface area contributed by atoms with Crippen LogP contribution in [0.1, 0.15) is 49.1 Å². The molecule has 3 N–H and O–H groups in total. The first kappa shape index (κ1) is 22.4. The quantitative estimate of drug-likeness (QED) is 0.552. The van der Waals surface area contributed by atoms with Crippen molar-refractivity contribution in [2.45, 2.75) is 44.1 Å². The number of carboxylic acids is 1. The van der Waals surface area contributed by atoms with Crippen molar-refractivity contribution >= 4 is 18.0 Å². The number of hydrogen-bond donors (Lipinski definition) is 3. The van der Waals surface area contributed by atoms with Crippen LogP contribution in [-0.2, 0) is 14.3 Å². The minimum Gasteiger partial charge on any atom is -0.481 e. The molecule has 4 atom stereocenters. The van der Waals surface area contributed by atoms with E-state index in [4.69, 9.17) is 9.84 Å². The number of alkyl carbamates (subject to hydrolysis) is 1. The molecule has 5 rings (SSSR count). The summed E-state index contributed by atoms with van der Waals surface area (Å²) >= 11 is 0. The van der Waals surface area contributed by atoms with Gasteiger partial charge in [-0.3, -0.25) is 9.59 Å². The number of ether oxygens (including phenoxy) is 1. The van der Waals surface area contributed by atoms with Crippen LogP contribution in [0.25, 0.3) is 11.1 Å². The van der Waals surface area contributed by atoms with E-state index in [0.29, 0.717) is 19.4 Å². The van der Waals surface area contributed by atoms with E-state index in [1.54, 1.807) is 0 Å². The molecule has 0 saturated heterocycles. The van der Waals surface area contributed by atoms with Crippen molar-refractivity contribution in [1.82, 2.24) is 10.6 Å². The third kappa shape index (κ3) is 4.65. The van der Waals surface area contributed by atoms with Gasteiger partial charge in [0, 0.05) is 24.9 Å². The highest BCUT2D eigenvalue weighted by Gasteiger charge is 2.43. The van der Waals surface area contributed by atoms with Gasteiger partial charge in [-0.1, -0.05) is 55.0 Å². The second kappa shape index (κ2) is 9.49. The standard InChI is InChI=1S/C27H30N2O5/c30-25(28-14-17-12-22(17)26(31)32)13-16-6-5-11-24(16)29-27(33)34-15-23-20-9-3-1-7-18(20)19-8-2-4-10-21(19)23/h1-4,7-10,16-17,22-24H,5-6,11-15H2,(H,28,30)(H,29,33)(H,31,32)/t16?,17-,22-,24?/m0/s1. The Bertz CT molecular complexity index is 1050. The number of carbonyl (C=O) groups excluding carboxylic acids is 2. The van der Waals surface area contributed by atoms with Crippen LogP contribution in [0.4, 0.5) is 4.79 Å². The molecule has 34 heavy (non-hydrogen) atoms. The third-order valence-electron chi connectivity index (χ3n) is 7.55. The molecule has 0 spiro atoms. The molecular formula is C27H30N2O5. The van der Waals surface area contributed by atoms with Crippen LogP contribution in [0.15, 0.2) is 48.5 Å². The molecule has 3 aliphatic carbocycles. The van der Waals surface area contributed by atoms with E-state index in [1.165, 1.54) is 22.3 Å². The fraction of sp³-hybridized carbons (Fsp3) is 0.444. The minimum absolute atomic E-state index is 0.0142. The maximum Gasteiger partial charge on any atom is 0.407 e. The number of rotatable bonds is 8. The predicted octanol–water partition coefficient (Wildman–Crippen LogP) is 3.92. The second-order valence-corrected chi connectivity index (χ2v) is 9.72. The van der Waals surface area contributed by atoms with Gasteiger partial charge in [-0.15, -0.1) is 0 Å². The lowest BCUT2D eigenvalue weighted by Gasteiger charge is -2.21. The van der Waals surface area contributed by atoms with E-state index in [9.17, 15) is 14.4 Å². The van der Waals surface area contributed by atoms with Crippen LogP contribution in [0.2, 0.25) is 0 Å². The zero-order valence-corrected chi connectivity index (χ0v) is 19.0. The van der Waals surface area contributed by atoms with Crippen LogP contribution in [0.5, 0.6) is 0 Å². The summed E-state index contributed by atoms with van der Waals surface area (Å²) in [7, 11) is 0. The Balaban J connectivity index is 1.11. The van der Waals surface area contributed by atoms with Crippen LogP contribution in [0, 0.1) is 17.8 Å². The summed E-state index contributed by atoms with van der Waals surface area (Å²) < 4.78 is 5.67. The Morgan fingerprint density at radius 3 is 2.26 bits per heavy atom. The van der Waals surface area contributed by atoms with Crippen molar-refractivity contribution in [2.24, 2.45) is 17.8 Å². The van der Waals surface area contributed by atoms with Gasteiger partial charge in [0.05, 0.1) is 5.92 Å². The average molecular weight is 463 g/mol. The summed E-state index contributed by atoms with van der Waals surface area (Å²) in [5.41, 5.74) is 4.73. The third-order valence-corrected chi connectivity index (χ3v) is 7.55. The number of fused-ring (bicyclic) bond motifs is 3. The second-order valence-electron chi connectivity index (χ2n) is 9.72. The van der Waals surface area contributed by atoms with Gasteiger partial charge in [-0.05, 0) is 53.4 Å². The maximum atomic E-state index is 12.6. The summed E-state index contributed by atoms with van der Waals surface area (Å²) in [6.07, 6.45) is 3.18. The molecule has 7 heteroatoms. The average Bonchev–Trinajstić information content (AvgIpc) is 3.40. The van der Waals surface area contributed by atoms with Crippen molar-refractivity contribution in [3.63, 3.8) is 0 Å². The van der Waals surface area contributed by atoms with E-state index in [0.717, 1.165) is 19.3 Å². The normalized spacial score (nSPS) is 24.7. The van der Waals surface area contributed by atoms with E-state index in [2.05, 4.69) is 34.9 Å². The first-order valence-electron chi connectivity index (χ1n) is 12.1. The molecule has 178 valence electrons. The van der Waals surface area contributed by atoms with Crippen molar-refractivity contribution < 1.29 is 24.2 Å². The van der Waals surface area contributed by atoms with E-state index < -0.39 is 12.1 Å². The smallest absolute Gasteiger partial charge is 0.407 e. The number of carboxylic acid groups (broad SMARTS) is 1. The van der Waals surface area contributed by atoms with Crippen LogP contribution in [0.3, 0.4) is 0 Å². The molecule has 3 aliphatic rings. The number of aliphatic carboxylic acids is 1.